The Hall–Kier alpha value is -3.06. The van der Waals surface area contributed by atoms with Crippen LogP contribution in [0.1, 0.15) is 10.4 Å². The molecule has 2 aromatic carbocycles. The molecule has 0 aromatic heterocycles. The van der Waals surface area contributed by atoms with E-state index in [9.17, 15) is 9.59 Å². The van der Waals surface area contributed by atoms with Crippen LogP contribution >= 0.6 is 0 Å². The Morgan fingerprint density at radius 3 is 2.38 bits per heavy atom. The predicted octanol–water partition coefficient (Wildman–Crippen LogP) is 2.52. The summed E-state index contributed by atoms with van der Waals surface area (Å²) in [4.78, 5) is 23.8. The van der Waals surface area contributed by atoms with E-state index < -0.39 is 5.97 Å². The van der Waals surface area contributed by atoms with Crippen LogP contribution in [-0.2, 0) is 14.3 Å². The molecule has 0 fully saturated rings. The van der Waals surface area contributed by atoms with Crippen molar-refractivity contribution in [1.82, 2.24) is 0 Å². The lowest BCUT2D eigenvalue weighted by Gasteiger charge is -2.10. The van der Waals surface area contributed by atoms with Crippen LogP contribution in [0.3, 0.4) is 0 Å². The second-order valence-electron chi connectivity index (χ2n) is 5.18. The average Bonchev–Trinajstić information content (AvgIpc) is 2.67. The summed E-state index contributed by atoms with van der Waals surface area (Å²) in [5, 5.41) is 2.79. The summed E-state index contributed by atoms with van der Waals surface area (Å²) in [5.74, 6) is 0.274. The zero-order valence-corrected chi connectivity index (χ0v) is 14.7. The summed E-state index contributed by atoms with van der Waals surface area (Å²) in [6.07, 6.45) is 0. The Morgan fingerprint density at radius 2 is 1.69 bits per heavy atom. The van der Waals surface area contributed by atoms with E-state index in [1.54, 1.807) is 42.5 Å². The van der Waals surface area contributed by atoms with Crippen molar-refractivity contribution >= 4 is 17.6 Å². The molecule has 0 heterocycles. The van der Waals surface area contributed by atoms with Crippen LogP contribution in [0.15, 0.2) is 48.5 Å². The fourth-order valence-corrected chi connectivity index (χ4v) is 2.07. The van der Waals surface area contributed by atoms with Crippen molar-refractivity contribution in [2.75, 3.05) is 39.4 Å². The second kappa shape index (κ2) is 10.0. The van der Waals surface area contributed by atoms with Crippen LogP contribution < -0.4 is 14.8 Å². The van der Waals surface area contributed by atoms with Gasteiger partial charge in [-0.15, -0.1) is 0 Å². The highest BCUT2D eigenvalue weighted by Gasteiger charge is 2.10. The first kappa shape index (κ1) is 19.3. The Bertz CT molecular complexity index is 729. The number of methoxy groups -OCH3 is 2. The van der Waals surface area contributed by atoms with Gasteiger partial charge in [0.2, 0.25) is 0 Å². The van der Waals surface area contributed by atoms with Crippen LogP contribution in [-0.4, -0.2) is 45.9 Å². The van der Waals surface area contributed by atoms with Gasteiger partial charge in [-0.2, -0.15) is 0 Å². The van der Waals surface area contributed by atoms with E-state index in [0.717, 1.165) is 0 Å². The Labute approximate surface area is 151 Å². The molecule has 0 spiro atoms. The van der Waals surface area contributed by atoms with E-state index in [4.69, 9.17) is 18.9 Å². The van der Waals surface area contributed by atoms with Gasteiger partial charge in [-0.25, -0.2) is 4.79 Å². The summed E-state index contributed by atoms with van der Waals surface area (Å²) in [6, 6.07) is 13.6. The smallest absolute Gasteiger partial charge is 0.344 e. The number of ether oxygens (including phenoxy) is 4. The molecule has 2 rings (SSSR count). The van der Waals surface area contributed by atoms with Gasteiger partial charge in [-0.05, 0) is 36.4 Å². The zero-order chi connectivity index (χ0) is 18.8. The van der Waals surface area contributed by atoms with Gasteiger partial charge in [0, 0.05) is 12.7 Å². The minimum absolute atomic E-state index is 0.181. The average molecular weight is 359 g/mol. The molecule has 0 saturated heterocycles. The summed E-state index contributed by atoms with van der Waals surface area (Å²) in [6.45, 7) is 0.305. The number of carbonyl (C=O) groups is 2. The van der Waals surface area contributed by atoms with Crippen LogP contribution in [0, 0.1) is 0 Å². The fourth-order valence-electron chi connectivity index (χ4n) is 2.07. The summed E-state index contributed by atoms with van der Waals surface area (Å²) < 4.78 is 20.2. The molecule has 0 radical (unpaired) electrons. The summed E-state index contributed by atoms with van der Waals surface area (Å²) >= 11 is 0. The molecule has 0 saturated carbocycles. The maximum absolute atomic E-state index is 12.3. The van der Waals surface area contributed by atoms with E-state index >= 15 is 0 Å². The molecule has 0 atom stereocenters. The lowest BCUT2D eigenvalue weighted by Crippen LogP contribution is -2.17. The second-order valence-corrected chi connectivity index (χ2v) is 5.18. The number of para-hydroxylation sites is 2. The third-order valence-electron chi connectivity index (χ3n) is 3.38. The lowest BCUT2D eigenvalue weighted by molar-refractivity contribution is -0.147. The first-order valence-corrected chi connectivity index (χ1v) is 7.96. The van der Waals surface area contributed by atoms with Gasteiger partial charge in [-0.1, -0.05) is 12.1 Å². The van der Waals surface area contributed by atoms with Gasteiger partial charge >= 0.3 is 5.97 Å². The first-order chi connectivity index (χ1) is 12.6. The van der Waals surface area contributed by atoms with E-state index in [1.807, 2.05) is 6.07 Å². The number of nitrogens with one attached hydrogen (secondary N) is 1. The van der Waals surface area contributed by atoms with Crippen molar-refractivity contribution in [1.29, 1.82) is 0 Å². The molecule has 0 aliphatic rings. The zero-order valence-electron chi connectivity index (χ0n) is 14.7. The topological polar surface area (TPSA) is 83.1 Å². The minimum Gasteiger partial charge on any atom is -0.495 e. The molecule has 0 unspecified atom stereocenters. The van der Waals surface area contributed by atoms with Crippen molar-refractivity contribution in [3.8, 4) is 11.5 Å². The van der Waals surface area contributed by atoms with Crippen LogP contribution in [0.2, 0.25) is 0 Å². The molecule has 26 heavy (non-hydrogen) atoms. The van der Waals surface area contributed by atoms with Crippen molar-refractivity contribution in [3.63, 3.8) is 0 Å². The number of carbonyl (C=O) groups excluding carboxylic acids is 2. The number of anilines is 1. The summed E-state index contributed by atoms with van der Waals surface area (Å²) in [7, 11) is 3.06. The van der Waals surface area contributed by atoms with Crippen LogP contribution in [0.4, 0.5) is 5.69 Å². The monoisotopic (exact) mass is 359 g/mol. The number of rotatable bonds is 9. The van der Waals surface area contributed by atoms with E-state index in [1.165, 1.54) is 14.2 Å². The van der Waals surface area contributed by atoms with E-state index in [0.29, 0.717) is 29.4 Å². The molecule has 2 aromatic rings. The van der Waals surface area contributed by atoms with Gasteiger partial charge in [0.15, 0.2) is 6.61 Å². The quantitative estimate of drug-likeness (QED) is 0.547. The van der Waals surface area contributed by atoms with E-state index in [-0.39, 0.29) is 19.1 Å². The number of hydrogen-bond acceptors (Lipinski definition) is 6. The largest absolute Gasteiger partial charge is 0.495 e. The van der Waals surface area contributed by atoms with Crippen molar-refractivity contribution < 1.29 is 28.5 Å². The van der Waals surface area contributed by atoms with Crippen LogP contribution in [0.5, 0.6) is 11.5 Å². The van der Waals surface area contributed by atoms with E-state index in [2.05, 4.69) is 5.32 Å². The number of esters is 1. The molecule has 1 N–H and O–H groups in total. The van der Waals surface area contributed by atoms with Gasteiger partial charge in [0.1, 0.15) is 18.1 Å². The standard InChI is InChI=1S/C19H21NO6/c1-23-11-12-25-18(21)13-26-15-9-7-14(8-10-15)19(22)20-16-5-3-4-6-17(16)24-2/h3-10H,11-13H2,1-2H3,(H,20,22). The maximum atomic E-state index is 12.3. The van der Waals surface area contributed by atoms with Crippen molar-refractivity contribution in [2.45, 2.75) is 0 Å². The highest BCUT2D eigenvalue weighted by Crippen LogP contribution is 2.24. The number of amides is 1. The van der Waals surface area contributed by atoms with Gasteiger partial charge in [-0.3, -0.25) is 4.79 Å². The minimum atomic E-state index is -0.486. The fraction of sp³-hybridized carbons (Fsp3) is 0.263. The highest BCUT2D eigenvalue weighted by atomic mass is 16.6. The molecule has 138 valence electrons. The van der Waals surface area contributed by atoms with Gasteiger partial charge < -0.3 is 24.3 Å². The molecule has 0 aliphatic carbocycles. The number of benzene rings is 2. The van der Waals surface area contributed by atoms with Crippen molar-refractivity contribution in [2.24, 2.45) is 0 Å². The normalized spacial score (nSPS) is 10.1. The summed E-state index contributed by atoms with van der Waals surface area (Å²) in [5.41, 5.74) is 1.03. The van der Waals surface area contributed by atoms with Crippen LogP contribution in [0.25, 0.3) is 0 Å². The number of hydrogen-bond donors (Lipinski definition) is 1. The van der Waals surface area contributed by atoms with Gasteiger partial charge in [0.05, 0.1) is 19.4 Å². The Balaban J connectivity index is 1.88. The molecule has 7 nitrogen and oxygen atoms in total. The predicted molar refractivity (Wildman–Crippen MR) is 95.7 cm³/mol. The Morgan fingerprint density at radius 1 is 0.962 bits per heavy atom. The SMILES string of the molecule is COCCOC(=O)COc1ccc(C(=O)Nc2ccccc2OC)cc1. The maximum Gasteiger partial charge on any atom is 0.344 e. The Kier molecular flexibility index (Phi) is 7.45. The molecule has 7 heteroatoms. The molecular weight excluding hydrogens is 338 g/mol. The highest BCUT2D eigenvalue weighted by molar-refractivity contribution is 6.05. The van der Waals surface area contributed by atoms with Crippen molar-refractivity contribution in [3.05, 3.63) is 54.1 Å². The molecular formula is C19H21NO6. The third kappa shape index (κ3) is 5.78. The molecule has 1 amide bonds. The van der Waals surface area contributed by atoms with Gasteiger partial charge in [0.25, 0.3) is 5.91 Å². The first-order valence-electron chi connectivity index (χ1n) is 7.96. The lowest BCUT2D eigenvalue weighted by atomic mass is 10.2. The molecule has 0 aliphatic heterocycles. The third-order valence-corrected chi connectivity index (χ3v) is 3.38. The molecule has 0 bridgehead atoms.